The number of nitrogens with zero attached hydrogens (tertiary/aromatic N) is 3. The molecule has 2 aromatic rings. The van der Waals surface area contributed by atoms with Crippen molar-refractivity contribution >= 4 is 11.5 Å². The summed E-state index contributed by atoms with van der Waals surface area (Å²) in [5.41, 5.74) is 1.04. The Hall–Kier alpha value is -3.44. The predicted octanol–water partition coefficient (Wildman–Crippen LogP) is 2.48. The fourth-order valence-electron chi connectivity index (χ4n) is 2.30. The number of benzene rings is 2. The molecule has 0 aliphatic heterocycles. The highest BCUT2D eigenvalue weighted by atomic mass is 16.1. The molecule has 2 atom stereocenters. The van der Waals surface area contributed by atoms with E-state index in [0.717, 1.165) is 0 Å². The van der Waals surface area contributed by atoms with Crippen LogP contribution in [0.15, 0.2) is 65.8 Å². The van der Waals surface area contributed by atoms with E-state index in [1.807, 2.05) is 12.1 Å². The summed E-state index contributed by atoms with van der Waals surface area (Å²) in [6.07, 6.45) is 0. The van der Waals surface area contributed by atoms with Crippen LogP contribution in [-0.2, 0) is 4.79 Å². The van der Waals surface area contributed by atoms with Crippen molar-refractivity contribution in [1.82, 2.24) is 0 Å². The average Bonchev–Trinajstić information content (AvgIpc) is 2.61. The lowest BCUT2D eigenvalue weighted by Gasteiger charge is -2.14. The Kier molecular flexibility index (Phi) is 5.22. The first-order valence-electron chi connectivity index (χ1n) is 6.94. The number of rotatable bonds is 5. The smallest absolute Gasteiger partial charge is 0.202 e. The Labute approximate surface area is 134 Å². The van der Waals surface area contributed by atoms with Gasteiger partial charge in [0.2, 0.25) is 5.78 Å². The second-order valence-electron chi connectivity index (χ2n) is 4.82. The van der Waals surface area contributed by atoms with Gasteiger partial charge >= 0.3 is 0 Å². The highest BCUT2D eigenvalue weighted by Crippen LogP contribution is 2.23. The molecule has 0 saturated carbocycles. The Morgan fingerprint density at radius 3 is 1.70 bits per heavy atom. The molecule has 0 heterocycles. The zero-order chi connectivity index (χ0) is 16.7. The number of hydrogen-bond donors (Lipinski definition) is 1. The molecule has 0 spiro atoms. The van der Waals surface area contributed by atoms with Gasteiger partial charge in [0, 0.05) is 0 Å². The molecule has 5 heteroatoms. The summed E-state index contributed by atoms with van der Waals surface area (Å²) in [6, 6.07) is 21.4. The maximum Gasteiger partial charge on any atom is 0.202 e. The molecule has 0 aliphatic carbocycles. The van der Waals surface area contributed by atoms with Gasteiger partial charge in [0.05, 0.1) is 12.1 Å². The maximum absolute atomic E-state index is 12.7. The van der Waals surface area contributed by atoms with Gasteiger partial charge in [-0.15, -0.1) is 0 Å². The van der Waals surface area contributed by atoms with Crippen molar-refractivity contribution in [2.24, 2.45) is 10.9 Å². The van der Waals surface area contributed by atoms with Gasteiger partial charge in [0.25, 0.3) is 0 Å². The van der Waals surface area contributed by atoms with Gasteiger partial charge in [-0.2, -0.15) is 15.6 Å². The van der Waals surface area contributed by atoms with Gasteiger partial charge in [-0.1, -0.05) is 60.7 Å². The highest BCUT2D eigenvalue weighted by molar-refractivity contribution is 6.44. The Morgan fingerprint density at radius 2 is 1.30 bits per heavy atom. The minimum Gasteiger partial charge on any atom is -0.323 e. The molecular formula is C18H14N4O. The third kappa shape index (κ3) is 3.42. The van der Waals surface area contributed by atoms with Crippen molar-refractivity contribution in [3.63, 3.8) is 0 Å². The predicted molar refractivity (Wildman–Crippen MR) is 86.2 cm³/mol. The van der Waals surface area contributed by atoms with Crippen LogP contribution in [0.4, 0.5) is 0 Å². The number of ketones is 1. The SMILES string of the molecule is N#CC(C(=O)/C(=N/N)C(C#N)c1ccccc1)c1ccccc1. The van der Waals surface area contributed by atoms with Crippen molar-refractivity contribution in [2.45, 2.75) is 11.8 Å². The van der Waals surface area contributed by atoms with E-state index in [1.54, 1.807) is 60.7 Å². The molecule has 112 valence electrons. The first kappa shape index (κ1) is 15.9. The molecule has 2 unspecified atom stereocenters. The van der Waals surface area contributed by atoms with E-state index in [2.05, 4.69) is 5.10 Å². The number of hydrogen-bond acceptors (Lipinski definition) is 5. The summed E-state index contributed by atoms with van der Waals surface area (Å²) in [5, 5.41) is 22.3. The molecule has 2 rings (SSSR count). The van der Waals surface area contributed by atoms with E-state index in [-0.39, 0.29) is 5.71 Å². The summed E-state index contributed by atoms with van der Waals surface area (Å²) >= 11 is 0. The van der Waals surface area contributed by atoms with Gasteiger partial charge in [-0.3, -0.25) is 4.79 Å². The molecule has 0 amide bonds. The zero-order valence-electron chi connectivity index (χ0n) is 12.3. The number of Topliss-reactive ketones (excluding diaryl/α,β-unsaturated/α-hetero) is 1. The molecule has 0 fully saturated rings. The van der Waals surface area contributed by atoms with Crippen LogP contribution in [0.25, 0.3) is 0 Å². The average molecular weight is 302 g/mol. The largest absolute Gasteiger partial charge is 0.323 e. The molecule has 2 N–H and O–H groups in total. The maximum atomic E-state index is 12.7. The minimum absolute atomic E-state index is 0.117. The van der Waals surface area contributed by atoms with E-state index in [1.165, 1.54) is 0 Å². The monoisotopic (exact) mass is 302 g/mol. The second kappa shape index (κ2) is 7.53. The molecule has 0 bridgehead atoms. The summed E-state index contributed by atoms with van der Waals surface area (Å²) in [4.78, 5) is 12.7. The van der Waals surface area contributed by atoms with Crippen LogP contribution >= 0.6 is 0 Å². The molecular weight excluding hydrogens is 288 g/mol. The van der Waals surface area contributed by atoms with Gasteiger partial charge < -0.3 is 5.84 Å². The van der Waals surface area contributed by atoms with Gasteiger partial charge in [0.15, 0.2) is 0 Å². The number of hydrazone groups is 1. The quantitative estimate of drug-likeness (QED) is 0.520. The van der Waals surface area contributed by atoms with Crippen LogP contribution < -0.4 is 5.84 Å². The van der Waals surface area contributed by atoms with E-state index < -0.39 is 17.6 Å². The van der Waals surface area contributed by atoms with Crippen LogP contribution in [0.3, 0.4) is 0 Å². The van der Waals surface area contributed by atoms with Gasteiger partial charge in [-0.25, -0.2) is 0 Å². The Balaban J connectivity index is 2.39. The first-order chi connectivity index (χ1) is 11.2. The fraction of sp³-hybridized carbons (Fsp3) is 0.111. The lowest BCUT2D eigenvalue weighted by Crippen LogP contribution is -2.28. The Bertz CT molecular complexity index is 785. The van der Waals surface area contributed by atoms with E-state index >= 15 is 0 Å². The van der Waals surface area contributed by atoms with Crippen molar-refractivity contribution in [3.8, 4) is 12.1 Å². The van der Waals surface area contributed by atoms with E-state index in [9.17, 15) is 15.3 Å². The lowest BCUT2D eigenvalue weighted by molar-refractivity contribution is -0.113. The van der Waals surface area contributed by atoms with Crippen molar-refractivity contribution in [1.29, 1.82) is 10.5 Å². The topological polar surface area (TPSA) is 103 Å². The van der Waals surface area contributed by atoms with Gasteiger partial charge in [-0.05, 0) is 11.1 Å². The number of nitriles is 2. The van der Waals surface area contributed by atoms with Crippen LogP contribution in [0.1, 0.15) is 23.0 Å². The summed E-state index contributed by atoms with van der Waals surface area (Å²) < 4.78 is 0. The van der Waals surface area contributed by atoms with Crippen LogP contribution in [-0.4, -0.2) is 11.5 Å². The number of nitrogens with two attached hydrogens (primary N) is 1. The summed E-state index contributed by atoms with van der Waals surface area (Å²) in [5.74, 6) is 2.85. The van der Waals surface area contributed by atoms with Crippen molar-refractivity contribution in [2.75, 3.05) is 0 Å². The molecule has 23 heavy (non-hydrogen) atoms. The summed E-state index contributed by atoms with van der Waals surface area (Å²) in [6.45, 7) is 0. The summed E-state index contributed by atoms with van der Waals surface area (Å²) in [7, 11) is 0. The first-order valence-corrected chi connectivity index (χ1v) is 6.94. The molecule has 0 aromatic heterocycles. The highest BCUT2D eigenvalue weighted by Gasteiger charge is 2.31. The van der Waals surface area contributed by atoms with Crippen molar-refractivity contribution < 1.29 is 4.79 Å². The van der Waals surface area contributed by atoms with Crippen LogP contribution in [0, 0.1) is 22.7 Å². The third-order valence-corrected chi connectivity index (χ3v) is 3.45. The van der Waals surface area contributed by atoms with Crippen LogP contribution in [0.5, 0.6) is 0 Å². The second-order valence-corrected chi connectivity index (χ2v) is 4.82. The van der Waals surface area contributed by atoms with Crippen molar-refractivity contribution in [3.05, 3.63) is 71.8 Å². The molecule has 0 saturated heterocycles. The van der Waals surface area contributed by atoms with E-state index in [4.69, 9.17) is 5.84 Å². The van der Waals surface area contributed by atoms with Gasteiger partial charge in [0.1, 0.15) is 17.5 Å². The standard InChI is InChI=1S/C18H14N4O/c19-11-15(13-7-3-1-4-8-13)17(22-21)18(23)16(12-20)14-9-5-2-6-10-14/h1-10,15-16H,21H2/b22-17+. The van der Waals surface area contributed by atoms with Crippen LogP contribution in [0.2, 0.25) is 0 Å². The minimum atomic E-state index is -1.04. The zero-order valence-corrected chi connectivity index (χ0v) is 12.3. The lowest BCUT2D eigenvalue weighted by atomic mass is 9.86. The number of carbonyl (C=O) groups excluding carboxylic acids is 1. The fourth-order valence-corrected chi connectivity index (χ4v) is 2.30. The molecule has 0 aliphatic rings. The molecule has 0 radical (unpaired) electrons. The third-order valence-electron chi connectivity index (χ3n) is 3.45. The molecule has 5 nitrogen and oxygen atoms in total. The Morgan fingerprint density at radius 1 is 0.870 bits per heavy atom. The number of carbonyl (C=O) groups is 1. The normalized spacial score (nSPS) is 13.4. The molecule has 2 aromatic carbocycles. The van der Waals surface area contributed by atoms with E-state index in [0.29, 0.717) is 11.1 Å².